The first kappa shape index (κ1) is 24.4. The number of halogens is 1. The monoisotopic (exact) mass is 513 g/mol. The first-order valence-corrected chi connectivity index (χ1v) is 11.2. The highest BCUT2D eigenvalue weighted by atomic mass is 127. The number of hydrogen-bond donors (Lipinski definition) is 2. The minimum atomic E-state index is 0. The van der Waals surface area contributed by atoms with Crippen LogP contribution in [0.5, 0.6) is 0 Å². The number of guanidine groups is 1. The molecule has 6 heteroatoms. The summed E-state index contributed by atoms with van der Waals surface area (Å²) in [6.45, 7) is 11.4. The molecule has 1 atom stereocenters. The van der Waals surface area contributed by atoms with Gasteiger partial charge in [0.25, 0.3) is 0 Å². The summed E-state index contributed by atoms with van der Waals surface area (Å²) in [5.41, 5.74) is 3.02. The molecule has 2 heterocycles. The van der Waals surface area contributed by atoms with Crippen LogP contribution in [0, 0.1) is 0 Å². The fourth-order valence-corrected chi connectivity index (χ4v) is 4.58. The molecular weight excluding hydrogens is 473 g/mol. The summed E-state index contributed by atoms with van der Waals surface area (Å²) >= 11 is 0. The summed E-state index contributed by atoms with van der Waals surface area (Å²) in [6, 6.07) is 9.98. The van der Waals surface area contributed by atoms with Crippen LogP contribution in [0.4, 0.5) is 0 Å². The van der Waals surface area contributed by atoms with Gasteiger partial charge in [0.15, 0.2) is 5.96 Å². The van der Waals surface area contributed by atoms with E-state index in [0.717, 1.165) is 38.4 Å². The molecule has 2 N–H and O–H groups in total. The van der Waals surface area contributed by atoms with Crippen molar-refractivity contribution in [3.05, 3.63) is 35.4 Å². The van der Waals surface area contributed by atoms with E-state index in [-0.39, 0.29) is 24.0 Å². The molecule has 164 valence electrons. The van der Waals surface area contributed by atoms with Crippen molar-refractivity contribution in [3.63, 3.8) is 0 Å². The van der Waals surface area contributed by atoms with Gasteiger partial charge in [-0.15, -0.1) is 24.0 Å². The molecule has 1 unspecified atom stereocenters. The van der Waals surface area contributed by atoms with Crippen LogP contribution in [0.3, 0.4) is 0 Å². The molecule has 1 aromatic rings. The number of nitrogens with one attached hydrogen (secondary N) is 2. The third kappa shape index (κ3) is 7.10. The maximum absolute atomic E-state index is 4.49. The minimum absolute atomic E-state index is 0. The molecule has 0 aromatic heterocycles. The Morgan fingerprint density at radius 3 is 2.52 bits per heavy atom. The van der Waals surface area contributed by atoms with E-state index in [1.807, 2.05) is 7.05 Å². The van der Waals surface area contributed by atoms with Gasteiger partial charge in [0.05, 0.1) is 0 Å². The van der Waals surface area contributed by atoms with Gasteiger partial charge in [0, 0.05) is 51.9 Å². The highest BCUT2D eigenvalue weighted by Crippen LogP contribution is 2.21. The smallest absolute Gasteiger partial charge is 0.191 e. The van der Waals surface area contributed by atoms with Crippen molar-refractivity contribution >= 4 is 29.9 Å². The average Bonchev–Trinajstić information content (AvgIpc) is 2.74. The van der Waals surface area contributed by atoms with Gasteiger partial charge in [-0.3, -0.25) is 9.89 Å². The van der Waals surface area contributed by atoms with Gasteiger partial charge in [-0.1, -0.05) is 38.1 Å². The second-order valence-electron chi connectivity index (χ2n) is 8.26. The van der Waals surface area contributed by atoms with Crippen LogP contribution in [0.15, 0.2) is 29.3 Å². The summed E-state index contributed by atoms with van der Waals surface area (Å²) in [4.78, 5) is 9.70. The van der Waals surface area contributed by atoms with E-state index in [9.17, 15) is 0 Å². The van der Waals surface area contributed by atoms with Crippen molar-refractivity contribution in [2.75, 3.05) is 39.8 Å². The summed E-state index contributed by atoms with van der Waals surface area (Å²) in [5, 5.41) is 7.27. The zero-order valence-electron chi connectivity index (χ0n) is 18.5. The van der Waals surface area contributed by atoms with Crippen molar-refractivity contribution in [2.24, 2.45) is 4.99 Å². The molecule has 1 aromatic carbocycles. The SMILES string of the molecule is CCCN1CCC(NC(=NC)NCC(CC)N2CCc3ccccc3C2)CC1.I. The van der Waals surface area contributed by atoms with E-state index in [0.29, 0.717) is 12.1 Å². The zero-order valence-corrected chi connectivity index (χ0v) is 20.8. The van der Waals surface area contributed by atoms with E-state index in [1.165, 1.54) is 50.0 Å². The standard InChI is InChI=1S/C23H39N5.HI/c1-4-13-27-14-11-21(12-15-27)26-23(24-3)25-17-22(5-2)28-16-10-19-8-6-7-9-20(19)18-28;/h6-9,21-22H,4-5,10-18H2,1-3H3,(H2,24,25,26);1H. The Labute approximate surface area is 194 Å². The third-order valence-corrected chi connectivity index (χ3v) is 6.34. The normalized spacial score (nSPS) is 19.9. The number of piperidine rings is 1. The van der Waals surface area contributed by atoms with Crippen molar-refractivity contribution < 1.29 is 0 Å². The van der Waals surface area contributed by atoms with Crippen molar-refractivity contribution in [1.82, 2.24) is 20.4 Å². The predicted molar refractivity (Wildman–Crippen MR) is 134 cm³/mol. The maximum Gasteiger partial charge on any atom is 0.191 e. The molecule has 5 nitrogen and oxygen atoms in total. The number of likely N-dealkylation sites (tertiary alicyclic amines) is 1. The van der Waals surface area contributed by atoms with Gasteiger partial charge < -0.3 is 15.5 Å². The van der Waals surface area contributed by atoms with Gasteiger partial charge in [0.2, 0.25) is 0 Å². The summed E-state index contributed by atoms with van der Waals surface area (Å²) < 4.78 is 0. The molecular formula is C23H40IN5. The van der Waals surface area contributed by atoms with Crippen LogP contribution in [-0.2, 0) is 13.0 Å². The van der Waals surface area contributed by atoms with Crippen LogP contribution in [0.25, 0.3) is 0 Å². The molecule has 0 spiro atoms. The lowest BCUT2D eigenvalue weighted by atomic mass is 9.98. The van der Waals surface area contributed by atoms with E-state index >= 15 is 0 Å². The van der Waals surface area contributed by atoms with E-state index in [4.69, 9.17) is 0 Å². The molecule has 2 aliphatic heterocycles. The van der Waals surface area contributed by atoms with Gasteiger partial charge >= 0.3 is 0 Å². The summed E-state index contributed by atoms with van der Waals surface area (Å²) in [6.07, 6.45) is 5.99. The van der Waals surface area contributed by atoms with Crippen LogP contribution in [-0.4, -0.2) is 67.6 Å². The number of benzene rings is 1. The third-order valence-electron chi connectivity index (χ3n) is 6.34. The Balaban J connectivity index is 0.00000300. The largest absolute Gasteiger partial charge is 0.355 e. The lowest BCUT2D eigenvalue weighted by Gasteiger charge is -2.36. The highest BCUT2D eigenvalue weighted by molar-refractivity contribution is 14.0. The molecule has 0 saturated carbocycles. The molecule has 29 heavy (non-hydrogen) atoms. The number of aliphatic imine (C=N–C) groups is 1. The Morgan fingerprint density at radius 1 is 1.14 bits per heavy atom. The van der Waals surface area contributed by atoms with Gasteiger partial charge in [0.1, 0.15) is 0 Å². The number of hydrogen-bond acceptors (Lipinski definition) is 3. The quantitative estimate of drug-likeness (QED) is 0.333. The van der Waals surface area contributed by atoms with E-state index in [1.54, 1.807) is 0 Å². The van der Waals surface area contributed by atoms with Gasteiger partial charge in [-0.2, -0.15) is 0 Å². The van der Waals surface area contributed by atoms with Crippen molar-refractivity contribution in [2.45, 2.75) is 64.6 Å². The average molecular weight is 514 g/mol. The van der Waals surface area contributed by atoms with Crippen molar-refractivity contribution in [1.29, 1.82) is 0 Å². The highest BCUT2D eigenvalue weighted by Gasteiger charge is 2.23. The Hall–Kier alpha value is -0.860. The van der Waals surface area contributed by atoms with Gasteiger partial charge in [-0.25, -0.2) is 0 Å². The number of rotatable bonds is 7. The second-order valence-corrected chi connectivity index (χ2v) is 8.26. The molecule has 2 aliphatic rings. The molecule has 0 amide bonds. The van der Waals surface area contributed by atoms with Crippen LogP contribution < -0.4 is 10.6 Å². The molecule has 0 bridgehead atoms. The summed E-state index contributed by atoms with van der Waals surface area (Å²) in [5.74, 6) is 0.963. The molecule has 1 fully saturated rings. The van der Waals surface area contributed by atoms with Crippen molar-refractivity contribution in [3.8, 4) is 0 Å². The lowest BCUT2D eigenvalue weighted by Crippen LogP contribution is -2.52. The molecule has 0 radical (unpaired) electrons. The van der Waals surface area contributed by atoms with Crippen LogP contribution in [0.2, 0.25) is 0 Å². The molecule has 0 aliphatic carbocycles. The topological polar surface area (TPSA) is 42.9 Å². The van der Waals surface area contributed by atoms with E-state index in [2.05, 4.69) is 63.5 Å². The second kappa shape index (κ2) is 12.7. The molecule has 3 rings (SSSR count). The fraction of sp³-hybridized carbons (Fsp3) is 0.696. The fourth-order valence-electron chi connectivity index (χ4n) is 4.58. The molecule has 1 saturated heterocycles. The Kier molecular flexibility index (Phi) is 10.7. The van der Waals surface area contributed by atoms with E-state index < -0.39 is 0 Å². The van der Waals surface area contributed by atoms with Crippen LogP contribution in [0.1, 0.15) is 50.7 Å². The minimum Gasteiger partial charge on any atom is -0.355 e. The zero-order chi connectivity index (χ0) is 19.8. The Bertz CT molecular complexity index is 627. The predicted octanol–water partition coefficient (Wildman–Crippen LogP) is 3.48. The summed E-state index contributed by atoms with van der Waals surface area (Å²) in [7, 11) is 1.89. The number of nitrogens with zero attached hydrogens (tertiary/aromatic N) is 3. The maximum atomic E-state index is 4.49. The lowest BCUT2D eigenvalue weighted by molar-refractivity contribution is 0.173. The first-order valence-electron chi connectivity index (χ1n) is 11.2. The van der Waals surface area contributed by atoms with Gasteiger partial charge in [-0.05, 0) is 49.8 Å². The first-order chi connectivity index (χ1) is 13.7. The number of fused-ring (bicyclic) bond motifs is 1. The Morgan fingerprint density at radius 2 is 1.86 bits per heavy atom. The van der Waals surface area contributed by atoms with Crippen LogP contribution >= 0.6 is 24.0 Å².